The van der Waals surface area contributed by atoms with Crippen LogP contribution in [0.4, 0.5) is 0 Å². The summed E-state index contributed by atoms with van der Waals surface area (Å²) in [4.78, 5) is 13.4. The third kappa shape index (κ3) is 39.4. The number of aliphatic hydroxyl groups excluding tert-OH is 11. The Morgan fingerprint density at radius 2 is 0.594 bits per heavy atom. The van der Waals surface area contributed by atoms with Crippen LogP contribution in [0, 0.1) is 0 Å². The van der Waals surface area contributed by atoms with Gasteiger partial charge < -0.3 is 89.9 Å². The lowest BCUT2D eigenvalue weighted by Crippen LogP contribution is -2.66. The third-order valence-electron chi connectivity index (χ3n) is 20.7. The average molecular weight is 1380 g/mol. The lowest BCUT2D eigenvalue weighted by molar-refractivity contribution is -0.379. The van der Waals surface area contributed by atoms with Crippen molar-refractivity contribution < 1.29 is 89.4 Å². The number of ether oxygens (including phenoxy) is 6. The van der Waals surface area contributed by atoms with Gasteiger partial charge in [0.15, 0.2) is 18.9 Å². The van der Waals surface area contributed by atoms with Crippen LogP contribution in [0.3, 0.4) is 0 Å². The molecule has 0 saturated carbocycles. The van der Waals surface area contributed by atoms with Gasteiger partial charge in [-0.2, -0.15) is 0 Å². The molecule has 17 atom stereocenters. The molecule has 3 heterocycles. The van der Waals surface area contributed by atoms with Gasteiger partial charge in [-0.3, -0.25) is 4.79 Å². The largest absolute Gasteiger partial charge is 0.394 e. The van der Waals surface area contributed by atoms with Gasteiger partial charge in [-0.25, -0.2) is 0 Å². The third-order valence-corrected chi connectivity index (χ3v) is 20.7. The highest BCUT2D eigenvalue weighted by molar-refractivity contribution is 5.76. The van der Waals surface area contributed by atoms with Crippen LogP contribution in [0.2, 0.25) is 0 Å². The highest BCUT2D eigenvalue weighted by atomic mass is 16.8. The first-order chi connectivity index (χ1) is 46.8. The fourth-order valence-corrected chi connectivity index (χ4v) is 14.2. The number of hydrogen-bond acceptors (Lipinski definition) is 18. The van der Waals surface area contributed by atoms with Crippen molar-refractivity contribution in [2.24, 2.45) is 0 Å². The summed E-state index contributed by atoms with van der Waals surface area (Å²) in [6, 6.07) is -0.882. The van der Waals surface area contributed by atoms with E-state index in [-0.39, 0.29) is 18.9 Å². The fraction of sp³-hybridized carbons (Fsp3) is 0.987. The summed E-state index contributed by atoms with van der Waals surface area (Å²) in [6.45, 7) is 1.84. The lowest BCUT2D eigenvalue weighted by atomic mass is 9.96. The second-order valence-corrected chi connectivity index (χ2v) is 29.2. The van der Waals surface area contributed by atoms with Crippen molar-refractivity contribution in [3.05, 3.63) is 0 Å². The van der Waals surface area contributed by atoms with Crippen molar-refractivity contribution >= 4 is 5.91 Å². The Bertz CT molecular complexity index is 1740. The van der Waals surface area contributed by atoms with E-state index in [0.29, 0.717) is 12.8 Å². The molecule has 0 spiro atoms. The minimum Gasteiger partial charge on any atom is -0.394 e. The summed E-state index contributed by atoms with van der Waals surface area (Å²) < 4.78 is 34.4. The first-order valence-electron chi connectivity index (χ1n) is 40.3. The lowest BCUT2D eigenvalue weighted by Gasteiger charge is -2.48. The predicted molar refractivity (Wildman–Crippen MR) is 379 cm³/mol. The van der Waals surface area contributed by atoms with Crippen molar-refractivity contribution in [3.63, 3.8) is 0 Å². The quantitative estimate of drug-likeness (QED) is 0.0252. The van der Waals surface area contributed by atoms with Crippen LogP contribution in [0.5, 0.6) is 0 Å². The fourth-order valence-electron chi connectivity index (χ4n) is 14.2. The Morgan fingerprint density at radius 3 is 0.906 bits per heavy atom. The van der Waals surface area contributed by atoms with Gasteiger partial charge in [0.05, 0.1) is 38.6 Å². The number of hydrogen-bond donors (Lipinski definition) is 12. The van der Waals surface area contributed by atoms with Gasteiger partial charge in [0, 0.05) is 6.42 Å². The SMILES string of the molecule is CCCCCCCCCCCCCCCCCCCCCCCCCCCCCCCCCCCCCCCCC(=O)NC(COC1OC(CO)C(OC2OC(CO)C(OC3OC(CO)C(O)C(O)C3O)C(O)C2O)C(O)C1O)C(O)CCCCCCCCCCCCCCC. The standard InChI is InChI=1S/C77H149NO18/c1-3-5-7-9-11-13-15-17-18-19-20-21-22-23-24-25-26-27-28-29-30-31-32-33-34-35-36-37-38-39-40-41-43-45-47-49-51-53-55-65(83)78-60(61(82)54-52-50-48-46-44-42-16-14-12-10-8-6-4-2)59-91-75-71(89)68(86)73(63(57-80)93-75)96-77-72(90)69(87)74(64(58-81)94-77)95-76-70(88)67(85)66(84)62(56-79)92-76/h60-64,66-77,79-82,84-90H,3-59H2,1-2H3,(H,78,83). The molecule has 570 valence electrons. The van der Waals surface area contributed by atoms with E-state index in [1.807, 2.05) is 0 Å². The smallest absolute Gasteiger partial charge is 0.220 e. The Hall–Kier alpha value is -1.21. The molecule has 0 bridgehead atoms. The first-order valence-corrected chi connectivity index (χ1v) is 40.3. The Kier molecular flexibility index (Phi) is 54.9. The molecule has 3 aliphatic heterocycles. The van der Waals surface area contributed by atoms with E-state index in [1.54, 1.807) is 0 Å². The Morgan fingerprint density at radius 1 is 0.333 bits per heavy atom. The first kappa shape index (κ1) is 89.0. The maximum Gasteiger partial charge on any atom is 0.220 e. The molecule has 1 amide bonds. The second kappa shape index (κ2) is 59.2. The normalized spacial score (nSPS) is 26.9. The summed E-state index contributed by atoms with van der Waals surface area (Å²) in [5.41, 5.74) is 0. The molecule has 96 heavy (non-hydrogen) atoms. The average Bonchev–Trinajstić information content (AvgIpc) is 0.787. The van der Waals surface area contributed by atoms with Crippen LogP contribution in [-0.2, 0) is 33.2 Å². The number of carbonyl (C=O) groups is 1. The second-order valence-electron chi connectivity index (χ2n) is 29.2. The van der Waals surface area contributed by atoms with Crippen LogP contribution in [0.1, 0.15) is 354 Å². The minimum absolute atomic E-state index is 0.235. The molecule has 17 unspecified atom stereocenters. The van der Waals surface area contributed by atoms with Crippen LogP contribution in [0.15, 0.2) is 0 Å². The van der Waals surface area contributed by atoms with Crippen LogP contribution < -0.4 is 5.32 Å². The molecule has 19 nitrogen and oxygen atoms in total. The van der Waals surface area contributed by atoms with Gasteiger partial charge in [0.2, 0.25) is 5.91 Å². The van der Waals surface area contributed by atoms with Gasteiger partial charge in [-0.15, -0.1) is 0 Å². The van der Waals surface area contributed by atoms with Crippen LogP contribution >= 0.6 is 0 Å². The summed E-state index contributed by atoms with van der Waals surface area (Å²) in [5.74, 6) is -0.235. The molecular weight excluding hydrogens is 1230 g/mol. The highest BCUT2D eigenvalue weighted by Crippen LogP contribution is 2.33. The zero-order valence-corrected chi connectivity index (χ0v) is 60.9. The number of nitrogens with one attached hydrogen (secondary N) is 1. The van der Waals surface area contributed by atoms with Gasteiger partial charge in [0.25, 0.3) is 0 Å². The molecule has 3 rings (SSSR count). The van der Waals surface area contributed by atoms with Crippen molar-refractivity contribution in [1.82, 2.24) is 5.32 Å². The van der Waals surface area contributed by atoms with Crippen molar-refractivity contribution in [1.29, 1.82) is 0 Å². The molecule has 19 heteroatoms. The zero-order chi connectivity index (χ0) is 69.6. The molecule has 0 aromatic carbocycles. The van der Waals surface area contributed by atoms with Gasteiger partial charge in [-0.1, -0.05) is 335 Å². The Balaban J connectivity index is 1.27. The predicted octanol–water partition coefficient (Wildman–Crippen LogP) is 13.0. The molecule has 0 aromatic heterocycles. The van der Waals surface area contributed by atoms with Crippen molar-refractivity contribution in [3.8, 4) is 0 Å². The van der Waals surface area contributed by atoms with E-state index in [2.05, 4.69) is 19.2 Å². The van der Waals surface area contributed by atoms with Crippen LogP contribution in [-0.4, -0.2) is 193 Å². The Labute approximate surface area is 583 Å². The van der Waals surface area contributed by atoms with E-state index in [4.69, 9.17) is 28.4 Å². The number of rotatable bonds is 65. The molecular formula is C77H149NO18. The van der Waals surface area contributed by atoms with E-state index in [1.165, 1.54) is 276 Å². The molecule has 3 saturated heterocycles. The maximum atomic E-state index is 13.4. The summed E-state index contributed by atoms with van der Waals surface area (Å²) in [6.07, 6.45) is 41.0. The molecule has 12 N–H and O–H groups in total. The molecule has 0 radical (unpaired) electrons. The van der Waals surface area contributed by atoms with Gasteiger partial charge >= 0.3 is 0 Å². The zero-order valence-electron chi connectivity index (χ0n) is 60.9. The molecule has 0 aromatic rings. The monoisotopic (exact) mass is 1380 g/mol. The van der Waals surface area contributed by atoms with E-state index < -0.39 is 124 Å². The van der Waals surface area contributed by atoms with Gasteiger partial charge in [0.1, 0.15) is 73.2 Å². The van der Waals surface area contributed by atoms with Gasteiger partial charge in [-0.05, 0) is 12.8 Å². The maximum absolute atomic E-state index is 13.4. The van der Waals surface area contributed by atoms with E-state index in [9.17, 15) is 61.0 Å². The molecule has 3 aliphatic rings. The van der Waals surface area contributed by atoms with Crippen molar-refractivity contribution in [2.75, 3.05) is 26.4 Å². The topological polar surface area (TPSA) is 307 Å². The molecule has 0 aliphatic carbocycles. The highest BCUT2D eigenvalue weighted by Gasteiger charge is 2.54. The van der Waals surface area contributed by atoms with E-state index in [0.717, 1.165) is 44.9 Å². The minimum atomic E-state index is -1.97. The van der Waals surface area contributed by atoms with Crippen LogP contribution in [0.25, 0.3) is 0 Å². The van der Waals surface area contributed by atoms with E-state index >= 15 is 0 Å². The number of unbranched alkanes of at least 4 members (excludes halogenated alkanes) is 49. The number of amides is 1. The van der Waals surface area contributed by atoms with Crippen molar-refractivity contribution in [2.45, 2.75) is 458 Å². The number of aliphatic hydroxyl groups is 11. The summed E-state index contributed by atoms with van der Waals surface area (Å²) >= 11 is 0. The molecule has 3 fully saturated rings. The summed E-state index contributed by atoms with van der Waals surface area (Å²) in [7, 11) is 0. The number of carbonyl (C=O) groups excluding carboxylic acids is 1. The summed E-state index contributed by atoms with van der Waals surface area (Å²) in [5, 5.41) is 121.